The minimum Gasteiger partial charge on any atom is -0.0619 e. The molecule has 0 radical (unpaired) electrons. The molecule has 3 aliphatic carbocycles. The van der Waals surface area contributed by atoms with Gasteiger partial charge in [-0.1, -0.05) is 55.0 Å². The van der Waals surface area contributed by atoms with Crippen molar-refractivity contribution < 1.29 is 0 Å². The Morgan fingerprint density at radius 2 is 1.26 bits per heavy atom. The molecule has 2 fully saturated rings. The molecule has 2 aromatic rings. The first-order valence-electron chi connectivity index (χ1n) is 7.62. The maximum Gasteiger partial charge on any atom is 0.0271 e. The third kappa shape index (κ3) is 1.00. The Morgan fingerprint density at radius 1 is 0.737 bits per heavy atom. The Bertz CT molecular complexity index is 606. The van der Waals surface area contributed by atoms with E-state index in [0.717, 1.165) is 11.8 Å². The highest BCUT2D eigenvalue weighted by Gasteiger charge is 2.61. The van der Waals surface area contributed by atoms with Gasteiger partial charge in [-0.2, -0.15) is 0 Å². The van der Waals surface area contributed by atoms with Crippen LogP contribution in [0.25, 0.3) is 11.1 Å². The summed E-state index contributed by atoms with van der Waals surface area (Å²) < 4.78 is 0. The first kappa shape index (κ1) is 10.3. The average Bonchev–Trinajstić information content (AvgIpc) is 2.81. The summed E-state index contributed by atoms with van der Waals surface area (Å²) in [7, 11) is 0. The van der Waals surface area contributed by atoms with Crippen LogP contribution in [0, 0.1) is 11.8 Å². The average molecular weight is 246 g/mol. The first-order chi connectivity index (χ1) is 9.42. The molecule has 19 heavy (non-hydrogen) atoms. The van der Waals surface area contributed by atoms with Crippen LogP contribution in [0.2, 0.25) is 0 Å². The largest absolute Gasteiger partial charge is 0.0619 e. The molecular weight excluding hydrogens is 228 g/mol. The van der Waals surface area contributed by atoms with E-state index >= 15 is 0 Å². The highest BCUT2D eigenvalue weighted by molar-refractivity contribution is 5.82. The minimum absolute atomic E-state index is 0.394. The maximum absolute atomic E-state index is 2.40. The van der Waals surface area contributed by atoms with Gasteiger partial charge in [0, 0.05) is 5.41 Å². The fourth-order valence-electron chi connectivity index (χ4n) is 5.37. The Labute approximate surface area is 114 Å². The highest BCUT2D eigenvalue weighted by atomic mass is 14.6. The quantitative estimate of drug-likeness (QED) is 0.628. The second-order valence-electron chi connectivity index (χ2n) is 6.52. The van der Waals surface area contributed by atoms with Crippen molar-refractivity contribution in [2.75, 3.05) is 0 Å². The van der Waals surface area contributed by atoms with Crippen molar-refractivity contribution in [3.05, 3.63) is 59.7 Å². The van der Waals surface area contributed by atoms with E-state index in [1.165, 1.54) is 36.8 Å². The molecule has 94 valence electrons. The van der Waals surface area contributed by atoms with Crippen LogP contribution in [0.5, 0.6) is 0 Å². The highest BCUT2D eigenvalue weighted by Crippen LogP contribution is 2.68. The normalized spacial score (nSPS) is 28.6. The number of benzene rings is 2. The zero-order valence-electron chi connectivity index (χ0n) is 11.1. The molecule has 0 nitrogen and oxygen atoms in total. The van der Waals surface area contributed by atoms with E-state index < -0.39 is 0 Å². The summed E-state index contributed by atoms with van der Waals surface area (Å²) in [5.74, 6) is 1.80. The van der Waals surface area contributed by atoms with Crippen LogP contribution in [0.15, 0.2) is 48.5 Å². The molecule has 2 atom stereocenters. The van der Waals surface area contributed by atoms with Crippen molar-refractivity contribution in [3.8, 4) is 11.1 Å². The van der Waals surface area contributed by atoms with Gasteiger partial charge in [-0.05, 0) is 53.4 Å². The van der Waals surface area contributed by atoms with Crippen molar-refractivity contribution in [1.82, 2.24) is 0 Å². The van der Waals surface area contributed by atoms with Crippen LogP contribution in [0.1, 0.15) is 36.8 Å². The Hall–Kier alpha value is -1.56. The van der Waals surface area contributed by atoms with Gasteiger partial charge < -0.3 is 0 Å². The molecule has 0 aromatic heterocycles. The lowest BCUT2D eigenvalue weighted by Gasteiger charge is -2.59. The summed E-state index contributed by atoms with van der Waals surface area (Å²) in [4.78, 5) is 0. The lowest BCUT2D eigenvalue weighted by molar-refractivity contribution is 0.00857. The molecular formula is C19H18. The Balaban J connectivity index is 1.87. The molecule has 2 unspecified atom stereocenters. The number of hydrogen-bond donors (Lipinski definition) is 0. The molecule has 2 bridgehead atoms. The fraction of sp³-hybridized carbons (Fsp3) is 0.368. The van der Waals surface area contributed by atoms with Gasteiger partial charge in [0.15, 0.2) is 0 Å². The standard InChI is InChI=1S/C19H18/c1-3-10-17-15(8-1)16-9-2-4-11-18(16)19(17)13-6-5-7-14(19)12-13/h1-4,8-11,13-14H,5-7,12H2. The Morgan fingerprint density at radius 3 is 1.79 bits per heavy atom. The number of fused-ring (bicyclic) bond motifs is 3. The molecule has 2 saturated carbocycles. The predicted octanol–water partition coefficient (Wildman–Crippen LogP) is 4.77. The van der Waals surface area contributed by atoms with Crippen molar-refractivity contribution in [1.29, 1.82) is 0 Å². The SMILES string of the molecule is c1ccc2c(c1)-c1ccccc1C21C2CCCC1C2. The monoisotopic (exact) mass is 246 g/mol. The van der Waals surface area contributed by atoms with Crippen molar-refractivity contribution in [3.63, 3.8) is 0 Å². The summed E-state index contributed by atoms with van der Waals surface area (Å²) in [6.45, 7) is 0. The van der Waals surface area contributed by atoms with Crippen LogP contribution >= 0.6 is 0 Å². The van der Waals surface area contributed by atoms with Gasteiger partial charge in [0.2, 0.25) is 0 Å². The van der Waals surface area contributed by atoms with Gasteiger partial charge in [-0.15, -0.1) is 0 Å². The topological polar surface area (TPSA) is 0 Å². The summed E-state index contributed by atoms with van der Waals surface area (Å²) in [5, 5.41) is 0. The molecule has 0 heterocycles. The maximum atomic E-state index is 2.40. The summed E-state index contributed by atoms with van der Waals surface area (Å²) in [6.07, 6.45) is 5.77. The predicted molar refractivity (Wildman–Crippen MR) is 78.1 cm³/mol. The van der Waals surface area contributed by atoms with Gasteiger partial charge >= 0.3 is 0 Å². The number of hydrogen-bond acceptors (Lipinski definition) is 0. The van der Waals surface area contributed by atoms with E-state index in [-0.39, 0.29) is 0 Å². The smallest absolute Gasteiger partial charge is 0.0271 e. The zero-order chi connectivity index (χ0) is 12.4. The van der Waals surface area contributed by atoms with Crippen LogP contribution in [-0.4, -0.2) is 0 Å². The van der Waals surface area contributed by atoms with Crippen molar-refractivity contribution >= 4 is 0 Å². The second kappa shape index (κ2) is 3.30. The van der Waals surface area contributed by atoms with Crippen molar-refractivity contribution in [2.45, 2.75) is 31.1 Å². The van der Waals surface area contributed by atoms with E-state index in [1.807, 2.05) is 0 Å². The van der Waals surface area contributed by atoms with Crippen LogP contribution in [-0.2, 0) is 5.41 Å². The second-order valence-corrected chi connectivity index (χ2v) is 6.52. The summed E-state index contributed by atoms with van der Waals surface area (Å²) >= 11 is 0. The third-order valence-corrected chi connectivity index (χ3v) is 6.00. The minimum atomic E-state index is 0.394. The van der Waals surface area contributed by atoms with Gasteiger partial charge in [-0.25, -0.2) is 0 Å². The molecule has 0 amide bonds. The van der Waals surface area contributed by atoms with Crippen molar-refractivity contribution in [2.24, 2.45) is 11.8 Å². The van der Waals surface area contributed by atoms with E-state index in [4.69, 9.17) is 0 Å². The van der Waals surface area contributed by atoms with Crippen LogP contribution < -0.4 is 0 Å². The van der Waals surface area contributed by atoms with E-state index in [1.54, 1.807) is 11.1 Å². The molecule has 0 N–H and O–H groups in total. The lowest BCUT2D eigenvalue weighted by Crippen LogP contribution is -2.55. The van der Waals surface area contributed by atoms with Gasteiger partial charge in [0.05, 0.1) is 0 Å². The third-order valence-electron chi connectivity index (χ3n) is 6.00. The molecule has 0 saturated heterocycles. The molecule has 2 aromatic carbocycles. The van der Waals surface area contributed by atoms with E-state index in [2.05, 4.69) is 48.5 Å². The van der Waals surface area contributed by atoms with Crippen LogP contribution in [0.4, 0.5) is 0 Å². The van der Waals surface area contributed by atoms with Gasteiger partial charge in [-0.3, -0.25) is 0 Å². The van der Waals surface area contributed by atoms with E-state index in [0.29, 0.717) is 5.41 Å². The zero-order valence-corrected chi connectivity index (χ0v) is 11.1. The lowest BCUT2D eigenvalue weighted by atomic mass is 9.44. The van der Waals surface area contributed by atoms with E-state index in [9.17, 15) is 0 Å². The molecule has 5 rings (SSSR count). The van der Waals surface area contributed by atoms with Crippen LogP contribution in [0.3, 0.4) is 0 Å². The molecule has 0 heteroatoms. The number of rotatable bonds is 0. The summed E-state index contributed by atoms with van der Waals surface area (Å²) in [6, 6.07) is 18.3. The first-order valence-corrected chi connectivity index (χ1v) is 7.62. The molecule has 1 spiro atoms. The Kier molecular flexibility index (Phi) is 1.78. The molecule has 3 aliphatic rings. The van der Waals surface area contributed by atoms with Gasteiger partial charge in [0.1, 0.15) is 0 Å². The fourth-order valence-corrected chi connectivity index (χ4v) is 5.37. The molecule has 0 aliphatic heterocycles. The van der Waals surface area contributed by atoms with Gasteiger partial charge in [0.25, 0.3) is 0 Å². The summed E-state index contributed by atoms with van der Waals surface area (Å²) in [5.41, 5.74) is 6.68.